The number of unbranched alkanes of at least 4 members (excludes halogenated alkanes) is 1. The quantitative estimate of drug-likeness (QED) is 0.847. The van der Waals surface area contributed by atoms with Crippen LogP contribution in [0.1, 0.15) is 40.5 Å². The molecule has 0 unspecified atom stereocenters. The molecule has 0 fully saturated rings. The lowest BCUT2D eigenvalue weighted by molar-refractivity contribution is 0.630. The number of hydrogen-bond donors (Lipinski definition) is 1. The first-order valence-corrected chi connectivity index (χ1v) is 8.33. The van der Waals surface area contributed by atoms with Crippen molar-refractivity contribution >= 4 is 11.6 Å². The largest absolute Gasteiger partial charge is 0.365 e. The fourth-order valence-electron chi connectivity index (χ4n) is 2.30. The maximum atomic E-state index is 4.76. The van der Waals surface area contributed by atoms with Crippen LogP contribution in [0.2, 0.25) is 0 Å². The van der Waals surface area contributed by atoms with Gasteiger partial charge in [-0.05, 0) is 27.2 Å². The van der Waals surface area contributed by atoms with Crippen molar-refractivity contribution in [3.8, 4) is 11.4 Å². The maximum absolute atomic E-state index is 4.76. The molecule has 0 spiro atoms. The van der Waals surface area contributed by atoms with Gasteiger partial charge in [0.2, 0.25) is 0 Å². The van der Waals surface area contributed by atoms with Crippen molar-refractivity contribution in [1.29, 1.82) is 0 Å². The number of rotatable bonds is 6. The van der Waals surface area contributed by atoms with Gasteiger partial charge in [-0.3, -0.25) is 0 Å². The Morgan fingerprint density at radius 3 is 2.39 bits per heavy atom. The van der Waals surface area contributed by atoms with Crippen LogP contribution in [-0.2, 0) is 0 Å². The molecule has 1 N–H and O–H groups in total. The molecule has 0 aliphatic carbocycles. The van der Waals surface area contributed by atoms with Gasteiger partial charge >= 0.3 is 0 Å². The first kappa shape index (κ1) is 17.3. The van der Waals surface area contributed by atoms with Gasteiger partial charge in [0.15, 0.2) is 5.82 Å². The summed E-state index contributed by atoms with van der Waals surface area (Å²) in [7, 11) is 2.09. The topological polar surface area (TPSA) is 41.0 Å². The summed E-state index contributed by atoms with van der Waals surface area (Å²) in [6.45, 7) is 9.61. The number of anilines is 2. The van der Waals surface area contributed by atoms with E-state index in [0.29, 0.717) is 0 Å². The Bertz CT molecular complexity index is 617. The van der Waals surface area contributed by atoms with E-state index in [9.17, 15) is 0 Å². The minimum atomic E-state index is -0.0401. The number of hydrogen-bond acceptors (Lipinski definition) is 4. The molecular weight excluding hydrogens is 284 g/mol. The summed E-state index contributed by atoms with van der Waals surface area (Å²) in [4.78, 5) is 11.7. The highest BCUT2D eigenvalue weighted by Gasteiger charge is 2.14. The minimum Gasteiger partial charge on any atom is -0.365 e. The third-order valence-electron chi connectivity index (χ3n) is 3.49. The van der Waals surface area contributed by atoms with Crippen LogP contribution in [0.3, 0.4) is 0 Å². The van der Waals surface area contributed by atoms with Crippen LogP contribution < -0.4 is 10.2 Å². The Morgan fingerprint density at radius 1 is 1.09 bits per heavy atom. The zero-order chi connectivity index (χ0) is 16.9. The Labute approximate surface area is 140 Å². The second-order valence-corrected chi connectivity index (χ2v) is 6.95. The first-order chi connectivity index (χ1) is 10.9. The van der Waals surface area contributed by atoms with E-state index in [1.54, 1.807) is 0 Å². The normalized spacial score (nSPS) is 11.3. The van der Waals surface area contributed by atoms with Gasteiger partial charge in [0.1, 0.15) is 11.6 Å². The summed E-state index contributed by atoms with van der Waals surface area (Å²) < 4.78 is 0. The molecule has 0 aliphatic rings. The average Bonchev–Trinajstić information content (AvgIpc) is 2.51. The Morgan fingerprint density at radius 2 is 1.78 bits per heavy atom. The lowest BCUT2D eigenvalue weighted by Crippen LogP contribution is -2.27. The van der Waals surface area contributed by atoms with E-state index in [2.05, 4.69) is 45.0 Å². The molecule has 0 amide bonds. The van der Waals surface area contributed by atoms with Gasteiger partial charge in [-0.25, -0.2) is 9.97 Å². The summed E-state index contributed by atoms with van der Waals surface area (Å²) in [6, 6.07) is 12.2. The summed E-state index contributed by atoms with van der Waals surface area (Å²) in [5, 5.41) is 3.46. The van der Waals surface area contributed by atoms with E-state index in [4.69, 9.17) is 9.97 Å². The number of benzene rings is 1. The highest BCUT2D eigenvalue weighted by molar-refractivity contribution is 5.61. The molecule has 1 aromatic heterocycles. The molecule has 0 bridgehead atoms. The number of nitrogens with one attached hydrogen (secondary N) is 1. The first-order valence-electron chi connectivity index (χ1n) is 8.33. The lowest BCUT2D eigenvalue weighted by Gasteiger charge is -2.24. The van der Waals surface area contributed by atoms with E-state index < -0.39 is 0 Å². The molecule has 0 radical (unpaired) electrons. The van der Waals surface area contributed by atoms with E-state index in [0.717, 1.165) is 36.0 Å². The zero-order valence-corrected chi connectivity index (χ0v) is 14.9. The molecule has 124 valence electrons. The van der Waals surface area contributed by atoms with E-state index in [-0.39, 0.29) is 5.54 Å². The molecule has 0 saturated carbocycles. The third-order valence-corrected chi connectivity index (χ3v) is 3.49. The summed E-state index contributed by atoms with van der Waals surface area (Å²) in [5.41, 5.74) is 0.997. The molecular formula is C19H28N4. The van der Waals surface area contributed by atoms with Crippen molar-refractivity contribution in [3.05, 3.63) is 36.4 Å². The van der Waals surface area contributed by atoms with Crippen LogP contribution in [0.5, 0.6) is 0 Å². The van der Waals surface area contributed by atoms with Crippen LogP contribution >= 0.6 is 0 Å². The van der Waals surface area contributed by atoms with Crippen LogP contribution in [0.4, 0.5) is 11.6 Å². The molecule has 4 nitrogen and oxygen atoms in total. The third kappa shape index (κ3) is 5.23. The number of nitrogens with zero attached hydrogens (tertiary/aromatic N) is 3. The predicted molar refractivity (Wildman–Crippen MR) is 99.0 cm³/mol. The fourth-order valence-corrected chi connectivity index (χ4v) is 2.30. The van der Waals surface area contributed by atoms with Crippen molar-refractivity contribution in [2.75, 3.05) is 23.8 Å². The Kier molecular flexibility index (Phi) is 5.59. The fraction of sp³-hybridized carbons (Fsp3) is 0.474. The molecule has 2 rings (SSSR count). The SMILES string of the molecule is CCCCN(C)c1cc(NC(C)(C)C)nc(-c2ccccc2)n1. The Balaban J connectivity index is 2.39. The van der Waals surface area contributed by atoms with Crippen molar-refractivity contribution in [3.63, 3.8) is 0 Å². The van der Waals surface area contributed by atoms with Crippen LogP contribution in [0, 0.1) is 0 Å². The maximum Gasteiger partial charge on any atom is 0.163 e. The van der Waals surface area contributed by atoms with Gasteiger partial charge in [0, 0.05) is 30.8 Å². The summed E-state index contributed by atoms with van der Waals surface area (Å²) >= 11 is 0. The van der Waals surface area contributed by atoms with E-state index >= 15 is 0 Å². The van der Waals surface area contributed by atoms with Gasteiger partial charge in [-0.15, -0.1) is 0 Å². The van der Waals surface area contributed by atoms with Gasteiger partial charge in [0.25, 0.3) is 0 Å². The molecule has 4 heteroatoms. The second-order valence-electron chi connectivity index (χ2n) is 6.95. The highest BCUT2D eigenvalue weighted by atomic mass is 15.2. The number of aromatic nitrogens is 2. The van der Waals surface area contributed by atoms with Crippen molar-refractivity contribution < 1.29 is 0 Å². The van der Waals surface area contributed by atoms with Gasteiger partial charge in [0.05, 0.1) is 0 Å². The Hall–Kier alpha value is -2.10. The molecule has 0 atom stereocenters. The van der Waals surface area contributed by atoms with Gasteiger partial charge in [-0.2, -0.15) is 0 Å². The smallest absolute Gasteiger partial charge is 0.163 e. The van der Waals surface area contributed by atoms with Crippen molar-refractivity contribution in [2.45, 2.75) is 46.1 Å². The zero-order valence-electron chi connectivity index (χ0n) is 14.9. The van der Waals surface area contributed by atoms with Crippen molar-refractivity contribution in [2.24, 2.45) is 0 Å². The molecule has 0 aliphatic heterocycles. The average molecular weight is 312 g/mol. The van der Waals surface area contributed by atoms with Crippen LogP contribution in [0.15, 0.2) is 36.4 Å². The molecule has 1 aromatic carbocycles. The summed E-state index contributed by atoms with van der Waals surface area (Å²) in [6.07, 6.45) is 2.33. The second kappa shape index (κ2) is 7.44. The van der Waals surface area contributed by atoms with Crippen molar-refractivity contribution in [1.82, 2.24) is 9.97 Å². The molecule has 0 saturated heterocycles. The summed E-state index contributed by atoms with van der Waals surface area (Å²) in [5.74, 6) is 2.59. The minimum absolute atomic E-state index is 0.0401. The van der Waals surface area contributed by atoms with Crippen LogP contribution in [0.25, 0.3) is 11.4 Å². The monoisotopic (exact) mass is 312 g/mol. The highest BCUT2D eigenvalue weighted by Crippen LogP contribution is 2.23. The molecule has 1 heterocycles. The standard InChI is InChI=1S/C19H28N4/c1-6-7-13-23(5)17-14-16(22-19(2,3)4)20-18(21-17)15-11-9-8-10-12-15/h8-12,14H,6-7,13H2,1-5H3,(H,20,21,22). The van der Waals surface area contributed by atoms with E-state index in [1.807, 2.05) is 36.4 Å². The van der Waals surface area contributed by atoms with E-state index in [1.165, 1.54) is 6.42 Å². The van der Waals surface area contributed by atoms with Crippen LogP contribution in [-0.4, -0.2) is 29.1 Å². The van der Waals surface area contributed by atoms with Gasteiger partial charge < -0.3 is 10.2 Å². The molecule has 2 aromatic rings. The predicted octanol–water partition coefficient (Wildman–Crippen LogP) is 4.59. The lowest BCUT2D eigenvalue weighted by atomic mass is 10.1. The van der Waals surface area contributed by atoms with Gasteiger partial charge in [-0.1, -0.05) is 43.7 Å². The molecule has 23 heavy (non-hydrogen) atoms.